The van der Waals surface area contributed by atoms with Gasteiger partial charge in [-0.05, 0) is 13.3 Å². The van der Waals surface area contributed by atoms with Gasteiger partial charge in [0.1, 0.15) is 0 Å². The highest BCUT2D eigenvalue weighted by Crippen LogP contribution is 2.28. The third kappa shape index (κ3) is 4.17. The van der Waals surface area contributed by atoms with Crippen molar-refractivity contribution in [3.63, 3.8) is 0 Å². The fourth-order valence-electron chi connectivity index (χ4n) is 2.36. The molecule has 0 radical (unpaired) electrons. The van der Waals surface area contributed by atoms with Crippen LogP contribution in [0.4, 0.5) is 5.13 Å². The molecule has 1 aliphatic heterocycles. The molecule has 0 spiro atoms. The van der Waals surface area contributed by atoms with Gasteiger partial charge >= 0.3 is 0 Å². The number of morpholine rings is 1. The van der Waals surface area contributed by atoms with E-state index in [1.807, 2.05) is 11.3 Å². The third-order valence-electron chi connectivity index (χ3n) is 3.44. The molecule has 1 aromatic heterocycles. The van der Waals surface area contributed by atoms with Crippen LogP contribution in [0.25, 0.3) is 0 Å². The van der Waals surface area contributed by atoms with Gasteiger partial charge in [-0.25, -0.2) is 4.98 Å². The molecule has 1 aliphatic rings. The van der Waals surface area contributed by atoms with E-state index in [0.29, 0.717) is 12.1 Å². The van der Waals surface area contributed by atoms with E-state index in [1.54, 1.807) is 0 Å². The number of nitrogens with zero attached hydrogens (tertiary/aromatic N) is 2. The van der Waals surface area contributed by atoms with Gasteiger partial charge in [0.15, 0.2) is 5.13 Å². The molecule has 1 aromatic rings. The lowest BCUT2D eigenvalue weighted by Crippen LogP contribution is -2.41. The molecule has 0 aromatic carbocycles. The van der Waals surface area contributed by atoms with Crippen LogP contribution in [0.2, 0.25) is 0 Å². The smallest absolute Gasteiger partial charge is 0.185 e. The fourth-order valence-corrected chi connectivity index (χ4v) is 3.46. The predicted octanol–water partition coefficient (Wildman–Crippen LogP) is 2.82. The molecule has 2 rings (SSSR count). The number of ether oxygens (including phenoxy) is 1. The fraction of sp³-hybridized carbons (Fsp3) is 0.800. The number of thiazole rings is 1. The van der Waals surface area contributed by atoms with Gasteiger partial charge in [-0.1, -0.05) is 27.2 Å². The molecule has 20 heavy (non-hydrogen) atoms. The molecular formula is C15H27N3OS. The number of rotatable bonds is 6. The zero-order chi connectivity index (χ0) is 14.5. The molecule has 0 bridgehead atoms. The number of hydrogen-bond donors (Lipinski definition) is 1. The highest BCUT2D eigenvalue weighted by molar-refractivity contribution is 7.15. The number of nitrogens with one attached hydrogen (secondary N) is 1. The first kappa shape index (κ1) is 15.7. The van der Waals surface area contributed by atoms with E-state index in [4.69, 9.17) is 9.72 Å². The second kappa shape index (κ2) is 7.38. The van der Waals surface area contributed by atoms with E-state index in [0.717, 1.165) is 39.1 Å². The van der Waals surface area contributed by atoms with Crippen molar-refractivity contribution in [2.24, 2.45) is 0 Å². The average Bonchev–Trinajstić information content (AvgIpc) is 2.80. The summed E-state index contributed by atoms with van der Waals surface area (Å²) in [4.78, 5) is 8.65. The second-order valence-electron chi connectivity index (χ2n) is 5.78. The molecular weight excluding hydrogens is 270 g/mol. The van der Waals surface area contributed by atoms with Crippen LogP contribution < -0.4 is 10.2 Å². The number of aromatic nitrogens is 1. The number of anilines is 1. The summed E-state index contributed by atoms with van der Waals surface area (Å²) < 4.78 is 5.62. The minimum atomic E-state index is 0.305. The Labute approximate surface area is 126 Å². The van der Waals surface area contributed by atoms with Crippen LogP contribution in [0.3, 0.4) is 0 Å². The van der Waals surface area contributed by atoms with Gasteiger partial charge in [0.2, 0.25) is 0 Å². The zero-order valence-corrected chi connectivity index (χ0v) is 13.9. The van der Waals surface area contributed by atoms with Crippen LogP contribution in [0.5, 0.6) is 0 Å². The lowest BCUT2D eigenvalue weighted by Gasteiger charge is -2.30. The summed E-state index contributed by atoms with van der Waals surface area (Å²) in [7, 11) is 0. The summed E-state index contributed by atoms with van der Waals surface area (Å²) in [5.41, 5.74) is 1.28. The van der Waals surface area contributed by atoms with Crippen LogP contribution >= 0.6 is 11.3 Å². The van der Waals surface area contributed by atoms with Gasteiger partial charge in [-0.15, -0.1) is 11.3 Å². The quantitative estimate of drug-likeness (QED) is 0.876. The molecule has 0 saturated carbocycles. The van der Waals surface area contributed by atoms with Crippen molar-refractivity contribution in [2.45, 2.75) is 59.2 Å². The first-order valence-electron chi connectivity index (χ1n) is 7.68. The Hall–Kier alpha value is -0.650. The van der Waals surface area contributed by atoms with E-state index < -0.39 is 0 Å². The monoisotopic (exact) mass is 297 g/mol. The first-order chi connectivity index (χ1) is 9.60. The molecule has 5 heteroatoms. The van der Waals surface area contributed by atoms with Crippen molar-refractivity contribution in [3.8, 4) is 0 Å². The summed E-state index contributed by atoms with van der Waals surface area (Å²) >= 11 is 1.85. The van der Waals surface area contributed by atoms with Crippen LogP contribution in [0, 0.1) is 0 Å². The predicted molar refractivity (Wildman–Crippen MR) is 85.7 cm³/mol. The standard InChI is InChI=1S/C15H27N3OS/c1-5-6-13-14(9-16-11(2)3)20-15(17-13)18-7-8-19-12(4)10-18/h11-12,16H,5-10H2,1-4H3. The second-order valence-corrected chi connectivity index (χ2v) is 6.84. The number of hydrogen-bond acceptors (Lipinski definition) is 5. The maximum Gasteiger partial charge on any atom is 0.185 e. The topological polar surface area (TPSA) is 37.4 Å². The lowest BCUT2D eigenvalue weighted by atomic mass is 10.2. The summed E-state index contributed by atoms with van der Waals surface area (Å²) in [6.07, 6.45) is 2.53. The van der Waals surface area contributed by atoms with Gasteiger partial charge in [-0.3, -0.25) is 0 Å². The molecule has 2 heterocycles. The van der Waals surface area contributed by atoms with Crippen molar-refractivity contribution in [1.29, 1.82) is 0 Å². The van der Waals surface area contributed by atoms with E-state index in [-0.39, 0.29) is 0 Å². The Kier molecular flexibility index (Phi) is 5.81. The first-order valence-corrected chi connectivity index (χ1v) is 8.50. The van der Waals surface area contributed by atoms with Crippen LogP contribution in [-0.2, 0) is 17.7 Å². The molecule has 4 nitrogen and oxygen atoms in total. The Bertz CT molecular complexity index is 419. The van der Waals surface area contributed by atoms with Gasteiger partial charge in [0, 0.05) is 30.6 Å². The maximum absolute atomic E-state index is 5.62. The molecule has 114 valence electrons. The lowest BCUT2D eigenvalue weighted by molar-refractivity contribution is 0.0532. The Morgan fingerprint density at radius 2 is 2.30 bits per heavy atom. The van der Waals surface area contributed by atoms with E-state index in [9.17, 15) is 0 Å². The molecule has 1 N–H and O–H groups in total. The largest absolute Gasteiger partial charge is 0.375 e. The average molecular weight is 297 g/mol. The maximum atomic E-state index is 5.62. The van der Waals surface area contributed by atoms with Crippen LogP contribution in [0.15, 0.2) is 0 Å². The highest BCUT2D eigenvalue weighted by atomic mass is 32.1. The summed E-state index contributed by atoms with van der Waals surface area (Å²) in [5, 5.41) is 4.68. The molecule has 1 saturated heterocycles. The van der Waals surface area contributed by atoms with Gasteiger partial charge in [-0.2, -0.15) is 0 Å². The third-order valence-corrected chi connectivity index (χ3v) is 4.59. The summed E-state index contributed by atoms with van der Waals surface area (Å²) in [6, 6.07) is 0.512. The van der Waals surface area contributed by atoms with Gasteiger partial charge in [0.05, 0.1) is 18.4 Å². The molecule has 0 aliphatic carbocycles. The Morgan fingerprint density at radius 1 is 1.50 bits per heavy atom. The van der Waals surface area contributed by atoms with Crippen molar-refractivity contribution >= 4 is 16.5 Å². The van der Waals surface area contributed by atoms with Crippen molar-refractivity contribution < 1.29 is 4.74 Å². The van der Waals surface area contributed by atoms with Gasteiger partial charge < -0.3 is 15.0 Å². The van der Waals surface area contributed by atoms with Crippen molar-refractivity contribution in [2.75, 3.05) is 24.6 Å². The Balaban J connectivity index is 2.10. The normalized spacial score (nSPS) is 19.9. The van der Waals surface area contributed by atoms with E-state index in [2.05, 4.69) is 37.9 Å². The van der Waals surface area contributed by atoms with E-state index in [1.165, 1.54) is 15.7 Å². The highest BCUT2D eigenvalue weighted by Gasteiger charge is 2.21. The molecule has 1 unspecified atom stereocenters. The molecule has 1 atom stereocenters. The Morgan fingerprint density at radius 3 is 2.95 bits per heavy atom. The van der Waals surface area contributed by atoms with E-state index >= 15 is 0 Å². The summed E-state index contributed by atoms with van der Waals surface area (Å²) in [5.74, 6) is 0. The van der Waals surface area contributed by atoms with Crippen molar-refractivity contribution in [3.05, 3.63) is 10.6 Å². The summed E-state index contributed by atoms with van der Waals surface area (Å²) in [6.45, 7) is 12.4. The minimum absolute atomic E-state index is 0.305. The molecule has 0 amide bonds. The van der Waals surface area contributed by atoms with Crippen LogP contribution in [-0.4, -0.2) is 36.8 Å². The van der Waals surface area contributed by atoms with Gasteiger partial charge in [0.25, 0.3) is 0 Å². The SMILES string of the molecule is CCCc1nc(N2CCOC(C)C2)sc1CNC(C)C. The zero-order valence-electron chi connectivity index (χ0n) is 13.1. The van der Waals surface area contributed by atoms with Crippen LogP contribution in [0.1, 0.15) is 44.7 Å². The molecule has 1 fully saturated rings. The minimum Gasteiger partial charge on any atom is -0.375 e. The van der Waals surface area contributed by atoms with Crippen molar-refractivity contribution in [1.82, 2.24) is 10.3 Å². The number of aryl methyl sites for hydroxylation is 1.